The van der Waals surface area contributed by atoms with E-state index in [9.17, 15) is 8.78 Å². The van der Waals surface area contributed by atoms with Crippen molar-refractivity contribution in [2.75, 3.05) is 5.73 Å². The Morgan fingerprint density at radius 1 is 1.54 bits per heavy atom. The van der Waals surface area contributed by atoms with E-state index < -0.39 is 6.08 Å². The third-order valence-corrected chi connectivity index (χ3v) is 1.68. The number of nitrogens with zero attached hydrogens (tertiary/aromatic N) is 1. The van der Waals surface area contributed by atoms with E-state index in [1.807, 2.05) is 0 Å². The van der Waals surface area contributed by atoms with Crippen LogP contribution in [0.1, 0.15) is 18.4 Å². The number of rotatable bonds is 2. The van der Waals surface area contributed by atoms with Crippen LogP contribution in [0.2, 0.25) is 0 Å². The maximum absolute atomic E-state index is 11.9. The molecular weight excluding hydrogens is 174 g/mol. The molecule has 0 amide bonds. The third kappa shape index (κ3) is 2.82. The molecule has 1 aromatic heterocycles. The van der Waals surface area contributed by atoms with Crippen LogP contribution in [0.3, 0.4) is 0 Å². The highest BCUT2D eigenvalue weighted by atomic mass is 19.3. The monoisotopic (exact) mass is 184 g/mol. The molecule has 0 unspecified atom stereocenters. The van der Waals surface area contributed by atoms with Gasteiger partial charge in [-0.3, -0.25) is 4.98 Å². The highest BCUT2D eigenvalue weighted by molar-refractivity contribution is 5.39. The molecule has 0 saturated carbocycles. The summed E-state index contributed by atoms with van der Waals surface area (Å²) < 4.78 is 23.8. The molecular formula is C9H10F2N2. The molecule has 2 N–H and O–H groups in total. The maximum Gasteiger partial charge on any atom is 0.266 e. The van der Waals surface area contributed by atoms with Crippen molar-refractivity contribution in [1.29, 1.82) is 0 Å². The van der Waals surface area contributed by atoms with Gasteiger partial charge in [0, 0.05) is 18.3 Å². The number of nitrogen functional groups attached to an aromatic ring is 1. The molecule has 2 nitrogen and oxygen atoms in total. The fourth-order valence-corrected chi connectivity index (χ4v) is 1.01. The molecule has 4 heteroatoms. The smallest absolute Gasteiger partial charge is 0.266 e. The van der Waals surface area contributed by atoms with Gasteiger partial charge in [0.25, 0.3) is 6.08 Å². The second-order valence-corrected chi connectivity index (χ2v) is 2.80. The summed E-state index contributed by atoms with van der Waals surface area (Å²) in [7, 11) is 0. The quantitative estimate of drug-likeness (QED) is 0.767. The first kappa shape index (κ1) is 9.64. The van der Waals surface area contributed by atoms with E-state index >= 15 is 0 Å². The van der Waals surface area contributed by atoms with Crippen molar-refractivity contribution in [2.45, 2.75) is 12.8 Å². The summed E-state index contributed by atoms with van der Waals surface area (Å²) in [6, 6.07) is 1.64. The molecule has 0 aromatic carbocycles. The second kappa shape index (κ2) is 3.98. The Morgan fingerprint density at radius 3 is 2.77 bits per heavy atom. The van der Waals surface area contributed by atoms with Gasteiger partial charge in [-0.2, -0.15) is 8.78 Å². The predicted octanol–water partition coefficient (Wildman–Crippen LogP) is 2.55. The van der Waals surface area contributed by atoms with Crippen LogP contribution in [0, 0.1) is 0 Å². The van der Waals surface area contributed by atoms with Crippen LogP contribution in [0.5, 0.6) is 0 Å². The van der Waals surface area contributed by atoms with E-state index in [-0.39, 0.29) is 5.92 Å². The average Bonchev–Trinajstić information content (AvgIpc) is 2.03. The summed E-state index contributed by atoms with van der Waals surface area (Å²) in [5.74, 6) is -0.360. The topological polar surface area (TPSA) is 38.9 Å². The van der Waals surface area contributed by atoms with Gasteiger partial charge in [0.05, 0.1) is 5.69 Å². The first-order valence-corrected chi connectivity index (χ1v) is 3.83. The number of nitrogens with two attached hydrogens (primary N) is 1. The molecule has 13 heavy (non-hydrogen) atoms. The van der Waals surface area contributed by atoms with Crippen molar-refractivity contribution in [3.05, 3.63) is 36.2 Å². The lowest BCUT2D eigenvalue weighted by Crippen LogP contribution is -1.94. The van der Waals surface area contributed by atoms with Crippen LogP contribution < -0.4 is 5.73 Å². The minimum absolute atomic E-state index is 0.360. The number of halogens is 2. The SMILES string of the molecule is C[C@@H](C=C(F)F)c1cncc(N)c1. The van der Waals surface area contributed by atoms with E-state index in [1.165, 1.54) is 12.4 Å². The zero-order valence-electron chi connectivity index (χ0n) is 7.17. The number of allylic oxidation sites excluding steroid dienone is 1. The van der Waals surface area contributed by atoms with E-state index in [1.54, 1.807) is 13.0 Å². The van der Waals surface area contributed by atoms with Crippen molar-refractivity contribution < 1.29 is 8.78 Å². The van der Waals surface area contributed by atoms with Crippen molar-refractivity contribution in [3.63, 3.8) is 0 Å². The normalized spacial score (nSPS) is 12.2. The number of pyridine rings is 1. The minimum atomic E-state index is -1.69. The van der Waals surface area contributed by atoms with Crippen LogP contribution in [0.4, 0.5) is 14.5 Å². The predicted molar refractivity (Wildman–Crippen MR) is 47.4 cm³/mol. The Labute approximate surface area is 75.1 Å². The maximum atomic E-state index is 11.9. The summed E-state index contributed by atoms with van der Waals surface area (Å²) >= 11 is 0. The molecule has 0 saturated heterocycles. The van der Waals surface area contributed by atoms with Crippen molar-refractivity contribution in [3.8, 4) is 0 Å². The Kier molecular flexibility index (Phi) is 2.95. The Hall–Kier alpha value is -1.45. The highest BCUT2D eigenvalue weighted by Crippen LogP contribution is 2.19. The molecule has 1 heterocycles. The third-order valence-electron chi connectivity index (χ3n) is 1.68. The summed E-state index contributed by atoms with van der Waals surface area (Å²) in [5.41, 5.74) is 6.63. The van der Waals surface area contributed by atoms with Gasteiger partial charge in [-0.05, 0) is 17.7 Å². The first-order chi connectivity index (χ1) is 6.09. The summed E-state index contributed by atoms with van der Waals surface area (Å²) in [6.45, 7) is 1.66. The second-order valence-electron chi connectivity index (χ2n) is 2.80. The number of aromatic nitrogens is 1. The molecule has 0 aliphatic rings. The van der Waals surface area contributed by atoms with Crippen molar-refractivity contribution in [1.82, 2.24) is 4.98 Å². The van der Waals surface area contributed by atoms with Crippen LogP contribution in [0.25, 0.3) is 0 Å². The number of hydrogen-bond donors (Lipinski definition) is 1. The highest BCUT2D eigenvalue weighted by Gasteiger charge is 2.04. The molecule has 0 aliphatic heterocycles. The molecule has 70 valence electrons. The Morgan fingerprint density at radius 2 is 2.23 bits per heavy atom. The van der Waals surface area contributed by atoms with Crippen LogP contribution in [0.15, 0.2) is 30.6 Å². The lowest BCUT2D eigenvalue weighted by Gasteiger charge is -2.05. The first-order valence-electron chi connectivity index (χ1n) is 3.83. The zero-order chi connectivity index (χ0) is 9.84. The van der Waals surface area contributed by atoms with Gasteiger partial charge >= 0.3 is 0 Å². The van der Waals surface area contributed by atoms with Gasteiger partial charge in [0.2, 0.25) is 0 Å². The van der Waals surface area contributed by atoms with Gasteiger partial charge in [-0.1, -0.05) is 6.92 Å². The van der Waals surface area contributed by atoms with E-state index in [0.717, 1.165) is 6.08 Å². The fourth-order valence-electron chi connectivity index (χ4n) is 1.01. The number of hydrogen-bond acceptors (Lipinski definition) is 2. The lowest BCUT2D eigenvalue weighted by molar-refractivity contribution is 0.416. The van der Waals surface area contributed by atoms with Crippen molar-refractivity contribution in [2.24, 2.45) is 0 Å². The van der Waals surface area contributed by atoms with Crippen molar-refractivity contribution >= 4 is 5.69 Å². The fraction of sp³-hybridized carbons (Fsp3) is 0.222. The minimum Gasteiger partial charge on any atom is -0.397 e. The molecule has 1 atom stereocenters. The molecule has 0 aliphatic carbocycles. The van der Waals surface area contributed by atoms with E-state index in [0.29, 0.717) is 11.3 Å². The zero-order valence-corrected chi connectivity index (χ0v) is 7.17. The molecule has 1 aromatic rings. The van der Waals surface area contributed by atoms with Gasteiger partial charge in [-0.15, -0.1) is 0 Å². The van der Waals surface area contributed by atoms with Gasteiger partial charge in [0.15, 0.2) is 0 Å². The molecule has 1 rings (SSSR count). The Bertz CT molecular complexity index is 319. The van der Waals surface area contributed by atoms with Crippen LogP contribution in [-0.4, -0.2) is 4.98 Å². The number of anilines is 1. The van der Waals surface area contributed by atoms with Crippen LogP contribution in [-0.2, 0) is 0 Å². The van der Waals surface area contributed by atoms with E-state index in [4.69, 9.17) is 5.73 Å². The summed E-state index contributed by atoms with van der Waals surface area (Å²) in [5, 5.41) is 0. The standard InChI is InChI=1S/C9H10F2N2/c1-6(2-9(10)11)7-3-8(12)5-13-4-7/h2-6H,12H2,1H3/t6-/m0/s1. The molecule has 0 spiro atoms. The van der Waals surface area contributed by atoms with Gasteiger partial charge in [-0.25, -0.2) is 0 Å². The largest absolute Gasteiger partial charge is 0.397 e. The van der Waals surface area contributed by atoms with Gasteiger partial charge in [0.1, 0.15) is 0 Å². The summed E-state index contributed by atoms with van der Waals surface area (Å²) in [6.07, 6.45) is 2.19. The van der Waals surface area contributed by atoms with Gasteiger partial charge < -0.3 is 5.73 Å². The average molecular weight is 184 g/mol. The van der Waals surface area contributed by atoms with Crippen LogP contribution >= 0.6 is 0 Å². The molecule has 0 fully saturated rings. The lowest BCUT2D eigenvalue weighted by atomic mass is 10.0. The summed E-state index contributed by atoms with van der Waals surface area (Å²) in [4.78, 5) is 3.81. The van der Waals surface area contributed by atoms with E-state index in [2.05, 4.69) is 4.98 Å². The Balaban J connectivity index is 2.89. The molecule has 0 bridgehead atoms. The molecule has 0 radical (unpaired) electrons.